The van der Waals surface area contributed by atoms with Crippen LogP contribution >= 0.6 is 46.0 Å². The Kier molecular flexibility index (Phi) is 11.2. The van der Waals surface area contributed by atoms with E-state index in [0.29, 0.717) is 29.4 Å². The van der Waals surface area contributed by atoms with Crippen LogP contribution in [0.5, 0.6) is 0 Å². The zero-order chi connectivity index (χ0) is 18.8. The van der Waals surface area contributed by atoms with Crippen molar-refractivity contribution in [3.63, 3.8) is 0 Å². The lowest BCUT2D eigenvalue weighted by atomic mass is 9.82. The molecule has 1 aliphatic rings. The molecule has 25 heavy (non-hydrogen) atoms. The van der Waals surface area contributed by atoms with E-state index in [1.165, 1.54) is 5.54 Å². The van der Waals surface area contributed by atoms with Gasteiger partial charge in [-0.05, 0) is 30.6 Å². The standard InChI is InChI=1S/C18H27ClINO3S/c1-4-14(20)18(21-24-8-6-7-19)17-15(22)10-13(11-16(17)23)9-12(3)25-5-2/h6-7,12-14,22H,4-5,8-11H2,1-3H3. The Morgan fingerprint density at radius 2 is 2.24 bits per heavy atom. The number of halogens is 2. The van der Waals surface area contributed by atoms with Crippen molar-refractivity contribution in [1.82, 2.24) is 0 Å². The third kappa shape index (κ3) is 7.51. The number of carbonyl (C=O) groups excluding carboxylic acids is 1. The molecule has 0 saturated carbocycles. The first-order valence-electron chi connectivity index (χ1n) is 8.60. The average molecular weight is 500 g/mol. The lowest BCUT2D eigenvalue weighted by Crippen LogP contribution is -2.29. The zero-order valence-electron chi connectivity index (χ0n) is 15.0. The summed E-state index contributed by atoms with van der Waals surface area (Å²) >= 11 is 9.58. The SMILES string of the molecule is CCSC(C)CC1CC(=O)C(C(=NOCC=CCl)C(I)CC)=C(O)C1. The van der Waals surface area contributed by atoms with Gasteiger partial charge >= 0.3 is 0 Å². The first kappa shape index (κ1) is 22.8. The number of carbonyl (C=O) groups is 1. The molecule has 0 saturated heterocycles. The number of ketones is 1. The van der Waals surface area contributed by atoms with Crippen LogP contribution in [0.2, 0.25) is 0 Å². The first-order chi connectivity index (χ1) is 11.9. The van der Waals surface area contributed by atoms with Crippen LogP contribution in [-0.4, -0.2) is 38.1 Å². The largest absolute Gasteiger partial charge is 0.511 e. The number of nitrogens with zero attached hydrogens (tertiary/aromatic N) is 1. The fraction of sp³-hybridized carbons (Fsp3) is 0.667. The summed E-state index contributed by atoms with van der Waals surface area (Å²) in [4.78, 5) is 17.9. The Labute approximate surface area is 173 Å². The van der Waals surface area contributed by atoms with Gasteiger partial charge in [-0.15, -0.1) is 0 Å². The number of aliphatic hydroxyl groups is 1. The summed E-state index contributed by atoms with van der Waals surface area (Å²) < 4.78 is 0.00445. The highest BCUT2D eigenvalue weighted by atomic mass is 127. The Hall–Kier alpha value is -0.210. The van der Waals surface area contributed by atoms with Gasteiger partial charge < -0.3 is 9.94 Å². The van der Waals surface area contributed by atoms with E-state index < -0.39 is 0 Å². The van der Waals surface area contributed by atoms with Gasteiger partial charge in [0, 0.05) is 23.6 Å². The van der Waals surface area contributed by atoms with Crippen LogP contribution in [0.1, 0.15) is 46.5 Å². The molecule has 0 aromatic carbocycles. The zero-order valence-corrected chi connectivity index (χ0v) is 18.7. The van der Waals surface area contributed by atoms with Gasteiger partial charge in [-0.25, -0.2) is 0 Å². The molecule has 1 rings (SSSR count). The average Bonchev–Trinajstić information content (AvgIpc) is 2.55. The van der Waals surface area contributed by atoms with Crippen LogP contribution in [0.4, 0.5) is 0 Å². The number of alkyl halides is 1. The summed E-state index contributed by atoms with van der Waals surface area (Å²) in [7, 11) is 0. The van der Waals surface area contributed by atoms with Gasteiger partial charge in [-0.2, -0.15) is 11.8 Å². The molecule has 4 nitrogen and oxygen atoms in total. The second-order valence-corrected chi connectivity index (χ2v) is 9.50. The van der Waals surface area contributed by atoms with Gasteiger partial charge in [-0.3, -0.25) is 4.79 Å². The Bertz CT molecular complexity index is 536. The smallest absolute Gasteiger partial charge is 0.168 e. The second kappa shape index (κ2) is 12.2. The van der Waals surface area contributed by atoms with Crippen molar-refractivity contribution in [2.45, 2.75) is 55.6 Å². The highest BCUT2D eigenvalue weighted by Crippen LogP contribution is 2.33. The van der Waals surface area contributed by atoms with Gasteiger partial charge in [0.15, 0.2) is 5.78 Å². The fourth-order valence-corrected chi connectivity index (χ4v) is 4.37. The summed E-state index contributed by atoms with van der Waals surface area (Å²) in [6, 6.07) is 0. The van der Waals surface area contributed by atoms with Crippen molar-refractivity contribution in [3.05, 3.63) is 22.9 Å². The molecule has 0 aromatic heterocycles. The summed E-state index contributed by atoms with van der Waals surface area (Å²) in [6.45, 7) is 6.56. The minimum absolute atomic E-state index is 0.00445. The highest BCUT2D eigenvalue weighted by molar-refractivity contribution is 14.1. The van der Waals surface area contributed by atoms with Crippen LogP contribution in [-0.2, 0) is 9.63 Å². The Morgan fingerprint density at radius 1 is 1.52 bits per heavy atom. The van der Waals surface area contributed by atoms with E-state index in [1.807, 2.05) is 18.7 Å². The van der Waals surface area contributed by atoms with Gasteiger partial charge in [-0.1, -0.05) is 60.1 Å². The lowest BCUT2D eigenvalue weighted by Gasteiger charge is -2.26. The first-order valence-corrected chi connectivity index (χ1v) is 11.3. The number of thioether (sulfide) groups is 1. The minimum atomic E-state index is -0.0344. The maximum Gasteiger partial charge on any atom is 0.168 e. The van der Waals surface area contributed by atoms with E-state index in [1.54, 1.807) is 6.08 Å². The normalized spacial score (nSPS) is 21.7. The predicted octanol–water partition coefficient (Wildman–Crippen LogP) is 5.65. The molecular weight excluding hydrogens is 473 g/mol. The number of aliphatic hydroxyl groups excluding tert-OH is 1. The van der Waals surface area contributed by atoms with Crippen molar-refractivity contribution in [2.24, 2.45) is 11.1 Å². The molecule has 0 amide bonds. The minimum Gasteiger partial charge on any atom is -0.511 e. The topological polar surface area (TPSA) is 58.9 Å². The molecule has 3 atom stereocenters. The van der Waals surface area contributed by atoms with E-state index in [9.17, 15) is 9.90 Å². The van der Waals surface area contributed by atoms with E-state index in [0.717, 1.165) is 18.6 Å². The van der Waals surface area contributed by atoms with Crippen LogP contribution < -0.4 is 0 Å². The quantitative estimate of drug-likeness (QED) is 0.139. The number of hydrogen-bond donors (Lipinski definition) is 1. The van der Waals surface area contributed by atoms with Crippen molar-refractivity contribution >= 4 is 57.4 Å². The highest BCUT2D eigenvalue weighted by Gasteiger charge is 2.33. The number of oxime groups is 1. The molecule has 0 spiro atoms. The summed E-state index contributed by atoms with van der Waals surface area (Å²) in [5.41, 5.74) is 2.24. The molecule has 0 aliphatic heterocycles. The number of Topliss-reactive ketones (excluding diaryl/α,β-unsaturated/α-hetero) is 1. The lowest BCUT2D eigenvalue weighted by molar-refractivity contribution is -0.116. The fourth-order valence-electron chi connectivity index (χ4n) is 2.89. The summed E-state index contributed by atoms with van der Waals surface area (Å²) in [5, 5.41) is 15.2. The summed E-state index contributed by atoms with van der Waals surface area (Å²) in [5.74, 6) is 1.38. The van der Waals surface area contributed by atoms with E-state index in [-0.39, 0.29) is 28.0 Å². The third-order valence-electron chi connectivity index (χ3n) is 3.97. The molecule has 0 radical (unpaired) electrons. The number of allylic oxidation sites excluding steroid dienone is 2. The Balaban J connectivity index is 2.95. The number of rotatable bonds is 10. The third-order valence-corrected chi connectivity index (χ3v) is 6.72. The van der Waals surface area contributed by atoms with Crippen LogP contribution in [0.25, 0.3) is 0 Å². The molecular formula is C18H27ClINO3S. The van der Waals surface area contributed by atoms with E-state index in [4.69, 9.17) is 16.4 Å². The van der Waals surface area contributed by atoms with Crippen molar-refractivity contribution in [1.29, 1.82) is 0 Å². The van der Waals surface area contributed by atoms with Crippen molar-refractivity contribution in [2.75, 3.05) is 12.4 Å². The maximum absolute atomic E-state index is 12.7. The molecule has 7 heteroatoms. The van der Waals surface area contributed by atoms with Gasteiger partial charge in [0.1, 0.15) is 18.1 Å². The van der Waals surface area contributed by atoms with Crippen LogP contribution in [0.15, 0.2) is 28.1 Å². The van der Waals surface area contributed by atoms with Gasteiger partial charge in [0.25, 0.3) is 0 Å². The van der Waals surface area contributed by atoms with E-state index in [2.05, 4.69) is 41.6 Å². The van der Waals surface area contributed by atoms with Crippen LogP contribution in [0, 0.1) is 5.92 Å². The molecule has 0 fully saturated rings. The van der Waals surface area contributed by atoms with Crippen molar-refractivity contribution < 1.29 is 14.7 Å². The molecule has 0 aromatic rings. The van der Waals surface area contributed by atoms with Crippen molar-refractivity contribution in [3.8, 4) is 0 Å². The monoisotopic (exact) mass is 499 g/mol. The predicted molar refractivity (Wildman–Crippen MR) is 116 cm³/mol. The van der Waals surface area contributed by atoms with Crippen LogP contribution in [0.3, 0.4) is 0 Å². The molecule has 1 N–H and O–H groups in total. The molecule has 0 bridgehead atoms. The summed E-state index contributed by atoms with van der Waals surface area (Å²) in [6.07, 6.45) is 4.35. The van der Waals surface area contributed by atoms with Gasteiger partial charge in [0.2, 0.25) is 0 Å². The van der Waals surface area contributed by atoms with E-state index >= 15 is 0 Å². The molecule has 0 heterocycles. The number of hydrogen-bond acceptors (Lipinski definition) is 5. The molecule has 142 valence electrons. The molecule has 1 aliphatic carbocycles. The Morgan fingerprint density at radius 3 is 2.80 bits per heavy atom. The van der Waals surface area contributed by atoms with Gasteiger partial charge in [0.05, 0.1) is 9.50 Å². The second-order valence-electron chi connectivity index (χ2n) is 6.03. The molecule has 3 unspecified atom stereocenters. The maximum atomic E-state index is 12.7.